The Morgan fingerprint density at radius 3 is 2.58 bits per heavy atom. The minimum atomic E-state index is 1.04. The summed E-state index contributed by atoms with van der Waals surface area (Å²) in [6.07, 6.45) is 2.11. The molecule has 1 aliphatic rings. The number of aromatic nitrogens is 1. The molecule has 3 heteroatoms. The molecule has 1 fully saturated rings. The first-order chi connectivity index (χ1) is 9.34. The number of piperazine rings is 1. The molecule has 19 heavy (non-hydrogen) atoms. The van der Waals surface area contributed by atoms with E-state index in [1.807, 2.05) is 0 Å². The Bertz CT molecular complexity index is 538. The van der Waals surface area contributed by atoms with Gasteiger partial charge < -0.3 is 9.88 Å². The molecule has 0 radical (unpaired) electrons. The predicted octanol–water partition coefficient (Wildman–Crippen LogP) is 2.10. The molecule has 0 aliphatic carbocycles. The first-order valence-corrected chi connectivity index (χ1v) is 6.97. The number of nitrogens with one attached hydrogen (secondary N) is 1. The number of aryl methyl sites for hydroxylation is 1. The summed E-state index contributed by atoms with van der Waals surface area (Å²) in [7, 11) is 2.11. The Morgan fingerprint density at radius 1 is 1.05 bits per heavy atom. The van der Waals surface area contributed by atoms with Gasteiger partial charge in [-0.05, 0) is 17.7 Å². The van der Waals surface area contributed by atoms with Crippen LogP contribution in [0.4, 0.5) is 0 Å². The van der Waals surface area contributed by atoms with Crippen LogP contribution in [-0.2, 0) is 13.6 Å². The average Bonchev–Trinajstić information content (AvgIpc) is 2.87. The van der Waals surface area contributed by atoms with Crippen LogP contribution in [0.5, 0.6) is 0 Å². The van der Waals surface area contributed by atoms with Crippen molar-refractivity contribution in [3.05, 3.63) is 48.2 Å². The molecule has 1 aromatic heterocycles. The van der Waals surface area contributed by atoms with Crippen LogP contribution in [0.15, 0.2) is 42.6 Å². The second kappa shape index (κ2) is 5.59. The van der Waals surface area contributed by atoms with Crippen molar-refractivity contribution in [2.75, 3.05) is 26.2 Å². The van der Waals surface area contributed by atoms with E-state index in [-0.39, 0.29) is 0 Å². The molecule has 0 bridgehead atoms. The predicted molar refractivity (Wildman–Crippen MR) is 79.0 cm³/mol. The molecule has 0 amide bonds. The van der Waals surface area contributed by atoms with Crippen LogP contribution in [-0.4, -0.2) is 35.6 Å². The van der Waals surface area contributed by atoms with E-state index in [1.165, 1.54) is 16.8 Å². The summed E-state index contributed by atoms with van der Waals surface area (Å²) in [5.74, 6) is 0. The number of hydrogen-bond acceptors (Lipinski definition) is 2. The molecule has 0 spiro atoms. The van der Waals surface area contributed by atoms with Crippen molar-refractivity contribution in [3.8, 4) is 11.3 Å². The van der Waals surface area contributed by atoms with Crippen LogP contribution < -0.4 is 5.32 Å². The second-order valence-electron chi connectivity index (χ2n) is 5.19. The molecule has 0 saturated carbocycles. The monoisotopic (exact) mass is 255 g/mol. The van der Waals surface area contributed by atoms with Gasteiger partial charge in [0.15, 0.2) is 0 Å². The zero-order chi connectivity index (χ0) is 13.1. The lowest BCUT2D eigenvalue weighted by atomic mass is 10.0. The van der Waals surface area contributed by atoms with E-state index in [1.54, 1.807) is 0 Å². The van der Waals surface area contributed by atoms with Crippen molar-refractivity contribution < 1.29 is 0 Å². The lowest BCUT2D eigenvalue weighted by molar-refractivity contribution is 0.233. The summed E-state index contributed by atoms with van der Waals surface area (Å²) in [4.78, 5) is 2.53. The van der Waals surface area contributed by atoms with E-state index in [9.17, 15) is 0 Å². The average molecular weight is 255 g/mol. The van der Waals surface area contributed by atoms with Crippen LogP contribution in [0.25, 0.3) is 11.3 Å². The van der Waals surface area contributed by atoms with E-state index >= 15 is 0 Å². The number of rotatable bonds is 3. The van der Waals surface area contributed by atoms with Gasteiger partial charge in [0.2, 0.25) is 0 Å². The van der Waals surface area contributed by atoms with Gasteiger partial charge in [0.1, 0.15) is 0 Å². The molecule has 0 atom stereocenters. The topological polar surface area (TPSA) is 20.2 Å². The lowest BCUT2D eigenvalue weighted by Crippen LogP contribution is -2.42. The fourth-order valence-electron chi connectivity index (χ4n) is 2.76. The molecule has 0 unspecified atom stereocenters. The quantitative estimate of drug-likeness (QED) is 0.906. The highest BCUT2D eigenvalue weighted by Crippen LogP contribution is 2.24. The Labute approximate surface area is 114 Å². The summed E-state index contributed by atoms with van der Waals surface area (Å²) in [5, 5.41) is 3.41. The maximum Gasteiger partial charge on any atom is 0.0480 e. The smallest absolute Gasteiger partial charge is 0.0480 e. The van der Waals surface area contributed by atoms with Gasteiger partial charge in [-0.1, -0.05) is 24.3 Å². The van der Waals surface area contributed by atoms with Gasteiger partial charge in [0.25, 0.3) is 0 Å². The third-order valence-electron chi connectivity index (χ3n) is 3.84. The summed E-state index contributed by atoms with van der Waals surface area (Å²) in [5.41, 5.74) is 4.07. The zero-order valence-electron chi connectivity index (χ0n) is 11.5. The van der Waals surface area contributed by atoms with Crippen LogP contribution in [0.3, 0.4) is 0 Å². The Kier molecular flexibility index (Phi) is 3.67. The maximum absolute atomic E-state index is 3.41. The van der Waals surface area contributed by atoms with Crippen molar-refractivity contribution in [2.45, 2.75) is 6.54 Å². The molecule has 2 heterocycles. The van der Waals surface area contributed by atoms with Crippen LogP contribution in [0.1, 0.15) is 5.56 Å². The van der Waals surface area contributed by atoms with Gasteiger partial charge >= 0.3 is 0 Å². The third-order valence-corrected chi connectivity index (χ3v) is 3.84. The molecule has 3 rings (SSSR count). The van der Waals surface area contributed by atoms with Crippen molar-refractivity contribution in [2.24, 2.45) is 7.05 Å². The van der Waals surface area contributed by atoms with Crippen molar-refractivity contribution in [3.63, 3.8) is 0 Å². The summed E-state index contributed by atoms with van der Waals surface area (Å²) >= 11 is 0. The molecule has 100 valence electrons. The molecular weight excluding hydrogens is 234 g/mol. The summed E-state index contributed by atoms with van der Waals surface area (Å²) in [6.45, 7) is 5.53. The molecule has 1 aliphatic heterocycles. The first kappa shape index (κ1) is 12.5. The van der Waals surface area contributed by atoms with Gasteiger partial charge in [-0.25, -0.2) is 0 Å². The minimum Gasteiger partial charge on any atom is -0.351 e. The van der Waals surface area contributed by atoms with Crippen LogP contribution in [0, 0.1) is 0 Å². The molecule has 1 N–H and O–H groups in total. The molecule has 1 saturated heterocycles. The van der Waals surface area contributed by atoms with Crippen molar-refractivity contribution in [1.82, 2.24) is 14.8 Å². The molecule has 1 aromatic carbocycles. The molecular formula is C16H21N3. The van der Waals surface area contributed by atoms with E-state index in [0.29, 0.717) is 0 Å². The Hall–Kier alpha value is -1.58. The van der Waals surface area contributed by atoms with Crippen LogP contribution in [0.2, 0.25) is 0 Å². The highest BCUT2D eigenvalue weighted by atomic mass is 15.2. The van der Waals surface area contributed by atoms with E-state index < -0.39 is 0 Å². The van der Waals surface area contributed by atoms with Crippen molar-refractivity contribution in [1.29, 1.82) is 0 Å². The van der Waals surface area contributed by atoms with E-state index in [2.05, 4.69) is 64.4 Å². The first-order valence-electron chi connectivity index (χ1n) is 6.97. The minimum absolute atomic E-state index is 1.04. The van der Waals surface area contributed by atoms with Crippen molar-refractivity contribution >= 4 is 0 Å². The number of nitrogens with zero attached hydrogens (tertiary/aromatic N) is 2. The molecule has 3 nitrogen and oxygen atoms in total. The molecule has 2 aromatic rings. The maximum atomic E-state index is 3.41. The SMILES string of the molecule is Cn1cccc1-c1ccccc1CN1CCNCC1. The van der Waals surface area contributed by atoms with E-state index in [4.69, 9.17) is 0 Å². The lowest BCUT2D eigenvalue weighted by Gasteiger charge is -2.28. The van der Waals surface area contributed by atoms with Gasteiger partial charge in [-0.3, -0.25) is 4.90 Å². The highest BCUT2D eigenvalue weighted by Gasteiger charge is 2.13. The van der Waals surface area contributed by atoms with Gasteiger partial charge in [0, 0.05) is 57.2 Å². The van der Waals surface area contributed by atoms with Gasteiger partial charge in [0.05, 0.1) is 0 Å². The van der Waals surface area contributed by atoms with Gasteiger partial charge in [-0.15, -0.1) is 0 Å². The summed E-state index contributed by atoms with van der Waals surface area (Å²) in [6, 6.07) is 13.1. The van der Waals surface area contributed by atoms with E-state index in [0.717, 1.165) is 32.7 Å². The number of benzene rings is 1. The standard InChI is InChI=1S/C16H21N3/c1-18-10-4-7-16(18)15-6-3-2-5-14(15)13-19-11-8-17-9-12-19/h2-7,10,17H,8-9,11-13H2,1H3. The van der Waals surface area contributed by atoms with Crippen LogP contribution >= 0.6 is 0 Å². The normalized spacial score (nSPS) is 16.7. The third kappa shape index (κ3) is 2.72. The van der Waals surface area contributed by atoms with Gasteiger partial charge in [-0.2, -0.15) is 0 Å². The second-order valence-corrected chi connectivity index (χ2v) is 5.19. The fourth-order valence-corrected chi connectivity index (χ4v) is 2.76. The highest BCUT2D eigenvalue weighted by molar-refractivity contribution is 5.64. The zero-order valence-corrected chi connectivity index (χ0v) is 11.5. The number of hydrogen-bond donors (Lipinski definition) is 1. The largest absolute Gasteiger partial charge is 0.351 e. The summed E-state index contributed by atoms with van der Waals surface area (Å²) < 4.78 is 2.19. The fraction of sp³-hybridized carbons (Fsp3) is 0.375. The Balaban J connectivity index is 1.87. The Morgan fingerprint density at radius 2 is 1.84 bits per heavy atom.